The van der Waals surface area contributed by atoms with E-state index in [2.05, 4.69) is 27.7 Å². The van der Waals surface area contributed by atoms with Gasteiger partial charge in [-0.15, -0.1) is 11.3 Å². The molecule has 3 heteroatoms. The molecule has 2 nitrogen and oxygen atoms in total. The Balaban J connectivity index is 2.47. The summed E-state index contributed by atoms with van der Waals surface area (Å²) in [5.41, 5.74) is 2.51. The lowest BCUT2D eigenvalue weighted by Gasteiger charge is -2.22. The summed E-state index contributed by atoms with van der Waals surface area (Å²) in [6.45, 7) is 3.05. The first-order valence-corrected chi connectivity index (χ1v) is 4.53. The second-order valence-electron chi connectivity index (χ2n) is 2.80. The van der Waals surface area contributed by atoms with Gasteiger partial charge < -0.3 is 4.90 Å². The molecule has 58 valence electrons. The normalized spacial score (nSPS) is 16.2. The zero-order valence-electron chi connectivity index (χ0n) is 6.66. The van der Waals surface area contributed by atoms with Gasteiger partial charge in [0.25, 0.3) is 0 Å². The molecule has 0 amide bonds. The van der Waals surface area contributed by atoms with Crippen LogP contribution >= 0.6 is 11.3 Å². The summed E-state index contributed by atoms with van der Waals surface area (Å²) in [5.74, 6) is 1.11. The van der Waals surface area contributed by atoms with Crippen molar-refractivity contribution in [3.8, 4) is 0 Å². The molecule has 0 aliphatic carbocycles. The van der Waals surface area contributed by atoms with Crippen LogP contribution in [-0.4, -0.2) is 17.8 Å². The van der Waals surface area contributed by atoms with Crippen molar-refractivity contribution in [2.45, 2.75) is 13.5 Å². The number of hydrogen-bond acceptors (Lipinski definition) is 3. The van der Waals surface area contributed by atoms with Gasteiger partial charge in [-0.25, -0.2) is 4.99 Å². The van der Waals surface area contributed by atoms with Gasteiger partial charge in [0.2, 0.25) is 0 Å². The second kappa shape index (κ2) is 2.34. The monoisotopic (exact) mass is 166 g/mol. The fourth-order valence-electron chi connectivity index (χ4n) is 1.16. The van der Waals surface area contributed by atoms with Gasteiger partial charge in [-0.1, -0.05) is 0 Å². The average molecular weight is 166 g/mol. The molecule has 0 N–H and O–H groups in total. The Labute approximate surface area is 70.2 Å². The molecule has 0 spiro atoms. The van der Waals surface area contributed by atoms with E-state index in [1.807, 2.05) is 6.92 Å². The third kappa shape index (κ3) is 1.05. The van der Waals surface area contributed by atoms with Gasteiger partial charge in [-0.3, -0.25) is 0 Å². The molecular weight excluding hydrogens is 156 g/mol. The number of thiophene rings is 1. The fourth-order valence-corrected chi connectivity index (χ4v) is 1.92. The summed E-state index contributed by atoms with van der Waals surface area (Å²) in [6.07, 6.45) is 0. The molecule has 0 atom stereocenters. The smallest absolute Gasteiger partial charge is 0.102 e. The third-order valence-corrected chi connectivity index (χ3v) is 2.74. The van der Waals surface area contributed by atoms with Gasteiger partial charge >= 0.3 is 0 Å². The lowest BCUT2D eigenvalue weighted by Crippen LogP contribution is -2.25. The Morgan fingerprint density at radius 1 is 1.55 bits per heavy atom. The molecule has 0 bridgehead atoms. The van der Waals surface area contributed by atoms with Crippen LogP contribution in [0.5, 0.6) is 0 Å². The van der Waals surface area contributed by atoms with Gasteiger partial charge in [0, 0.05) is 24.5 Å². The number of rotatable bonds is 0. The maximum Gasteiger partial charge on any atom is 0.102 e. The standard InChI is InChI=1S/C8H10N2S/c1-6-9-8-5-11-4-7(8)3-10(6)2/h4-5H,3H2,1-2H3. The predicted octanol–water partition coefficient (Wildman–Crippen LogP) is 2.24. The lowest BCUT2D eigenvalue weighted by atomic mass is 10.2. The first kappa shape index (κ1) is 6.85. The predicted molar refractivity (Wildman–Crippen MR) is 48.6 cm³/mol. The van der Waals surface area contributed by atoms with Gasteiger partial charge in [-0.2, -0.15) is 0 Å². The highest BCUT2D eigenvalue weighted by atomic mass is 32.1. The Hall–Kier alpha value is -0.830. The summed E-state index contributed by atoms with van der Waals surface area (Å²) in [5, 5.41) is 4.27. The van der Waals surface area contributed by atoms with E-state index in [0.29, 0.717) is 0 Å². The number of amidine groups is 1. The van der Waals surface area contributed by atoms with Crippen molar-refractivity contribution in [1.29, 1.82) is 0 Å². The second-order valence-corrected chi connectivity index (χ2v) is 3.54. The quantitative estimate of drug-likeness (QED) is 0.577. The Morgan fingerprint density at radius 2 is 2.36 bits per heavy atom. The van der Waals surface area contributed by atoms with Gasteiger partial charge in [0.05, 0.1) is 5.69 Å². The molecule has 0 saturated carbocycles. The van der Waals surface area contributed by atoms with Crippen molar-refractivity contribution in [2.75, 3.05) is 7.05 Å². The van der Waals surface area contributed by atoms with E-state index in [1.165, 1.54) is 5.56 Å². The zero-order valence-corrected chi connectivity index (χ0v) is 7.48. The van der Waals surface area contributed by atoms with Crippen LogP contribution in [0.3, 0.4) is 0 Å². The Kier molecular flexibility index (Phi) is 1.46. The van der Waals surface area contributed by atoms with Crippen LogP contribution in [0.1, 0.15) is 12.5 Å². The highest BCUT2D eigenvalue weighted by Crippen LogP contribution is 2.28. The van der Waals surface area contributed by atoms with E-state index < -0.39 is 0 Å². The van der Waals surface area contributed by atoms with Crippen molar-refractivity contribution >= 4 is 22.9 Å². The molecule has 0 radical (unpaired) electrons. The van der Waals surface area contributed by atoms with Crippen molar-refractivity contribution in [3.05, 3.63) is 16.3 Å². The van der Waals surface area contributed by atoms with Crippen LogP contribution in [0.2, 0.25) is 0 Å². The molecule has 0 aromatic carbocycles. The van der Waals surface area contributed by atoms with E-state index in [0.717, 1.165) is 18.1 Å². The van der Waals surface area contributed by atoms with Crippen LogP contribution < -0.4 is 0 Å². The molecule has 1 aliphatic heterocycles. The van der Waals surface area contributed by atoms with Gasteiger partial charge in [-0.05, 0) is 12.3 Å². The fraction of sp³-hybridized carbons (Fsp3) is 0.375. The molecule has 2 rings (SSSR count). The van der Waals surface area contributed by atoms with E-state index in [4.69, 9.17) is 0 Å². The molecular formula is C8H10N2S. The van der Waals surface area contributed by atoms with Crippen molar-refractivity contribution in [2.24, 2.45) is 4.99 Å². The minimum absolute atomic E-state index is 1.01. The van der Waals surface area contributed by atoms with Gasteiger partial charge in [0.1, 0.15) is 5.84 Å². The highest BCUT2D eigenvalue weighted by Gasteiger charge is 2.12. The summed E-state index contributed by atoms with van der Waals surface area (Å²) in [4.78, 5) is 6.60. The Bertz CT molecular complexity index is 301. The first-order valence-electron chi connectivity index (χ1n) is 3.59. The number of fused-ring (bicyclic) bond motifs is 1. The number of aliphatic imine (C=N–C) groups is 1. The summed E-state index contributed by atoms with van der Waals surface area (Å²) < 4.78 is 0. The maximum atomic E-state index is 4.44. The molecule has 0 saturated heterocycles. The molecule has 0 fully saturated rings. The highest BCUT2D eigenvalue weighted by molar-refractivity contribution is 7.08. The van der Waals surface area contributed by atoms with E-state index in [1.54, 1.807) is 11.3 Å². The van der Waals surface area contributed by atoms with Crippen molar-refractivity contribution < 1.29 is 0 Å². The molecule has 11 heavy (non-hydrogen) atoms. The van der Waals surface area contributed by atoms with Crippen LogP contribution in [0.4, 0.5) is 5.69 Å². The molecule has 1 aromatic heterocycles. The number of nitrogens with zero attached hydrogens (tertiary/aromatic N) is 2. The van der Waals surface area contributed by atoms with E-state index in [9.17, 15) is 0 Å². The van der Waals surface area contributed by atoms with Crippen LogP contribution in [-0.2, 0) is 6.54 Å². The third-order valence-electron chi connectivity index (χ3n) is 1.96. The van der Waals surface area contributed by atoms with Crippen LogP contribution in [0, 0.1) is 0 Å². The minimum Gasteiger partial charge on any atom is -0.359 e. The minimum atomic E-state index is 1.01. The molecule has 1 aromatic rings. The maximum absolute atomic E-state index is 4.44. The largest absolute Gasteiger partial charge is 0.359 e. The topological polar surface area (TPSA) is 15.6 Å². The molecule has 2 heterocycles. The average Bonchev–Trinajstić information content (AvgIpc) is 2.36. The zero-order chi connectivity index (χ0) is 7.84. The van der Waals surface area contributed by atoms with Crippen molar-refractivity contribution in [3.63, 3.8) is 0 Å². The van der Waals surface area contributed by atoms with E-state index in [-0.39, 0.29) is 0 Å². The number of hydrogen-bond donors (Lipinski definition) is 0. The van der Waals surface area contributed by atoms with Crippen LogP contribution in [0.25, 0.3) is 0 Å². The van der Waals surface area contributed by atoms with Crippen molar-refractivity contribution in [1.82, 2.24) is 4.90 Å². The first-order chi connectivity index (χ1) is 5.27. The lowest BCUT2D eigenvalue weighted by molar-refractivity contribution is 0.491. The van der Waals surface area contributed by atoms with E-state index >= 15 is 0 Å². The molecule has 1 aliphatic rings. The van der Waals surface area contributed by atoms with Gasteiger partial charge in [0.15, 0.2) is 0 Å². The summed E-state index contributed by atoms with van der Waals surface area (Å²) in [6, 6.07) is 0. The van der Waals surface area contributed by atoms with Crippen LogP contribution in [0.15, 0.2) is 15.8 Å². The summed E-state index contributed by atoms with van der Waals surface area (Å²) >= 11 is 1.73. The molecule has 0 unspecified atom stereocenters. The SMILES string of the molecule is CC1=Nc2cscc2CN1C. The summed E-state index contributed by atoms with van der Waals surface area (Å²) in [7, 11) is 2.07. The Morgan fingerprint density at radius 3 is 3.18 bits per heavy atom.